The van der Waals surface area contributed by atoms with Crippen molar-refractivity contribution in [3.63, 3.8) is 0 Å². The van der Waals surface area contributed by atoms with Crippen molar-refractivity contribution in [3.05, 3.63) is 0 Å². The molecular weight excluding hydrogens is 248 g/mol. The van der Waals surface area contributed by atoms with Crippen LogP contribution >= 0.6 is 0 Å². The molecule has 6 nitrogen and oxygen atoms in total. The summed E-state index contributed by atoms with van der Waals surface area (Å²) in [5.41, 5.74) is -1.04. The summed E-state index contributed by atoms with van der Waals surface area (Å²) in [5, 5.41) is 5.79. The van der Waals surface area contributed by atoms with Gasteiger partial charge in [0, 0.05) is 6.54 Å². The van der Waals surface area contributed by atoms with E-state index in [-0.39, 0.29) is 5.97 Å². The fraction of sp³-hybridized carbons (Fsp3) is 0.846. The average molecular weight is 272 g/mol. The van der Waals surface area contributed by atoms with Crippen molar-refractivity contribution in [2.75, 3.05) is 20.2 Å². The minimum Gasteiger partial charge on any atom is -0.468 e. The molecule has 1 fully saturated rings. The Morgan fingerprint density at radius 2 is 2.00 bits per heavy atom. The number of carbonyl (C=O) groups excluding carboxylic acids is 2. The molecule has 0 aromatic rings. The van der Waals surface area contributed by atoms with Gasteiger partial charge in [-0.2, -0.15) is 0 Å². The van der Waals surface area contributed by atoms with Gasteiger partial charge in [0.15, 0.2) is 0 Å². The highest BCUT2D eigenvalue weighted by Crippen LogP contribution is 2.25. The number of methoxy groups -OCH3 is 1. The van der Waals surface area contributed by atoms with Crippen LogP contribution in [0.4, 0.5) is 4.79 Å². The number of ether oxygens (including phenoxy) is 2. The summed E-state index contributed by atoms with van der Waals surface area (Å²) in [6.45, 7) is 6.76. The van der Waals surface area contributed by atoms with Gasteiger partial charge in [0.05, 0.1) is 7.11 Å². The van der Waals surface area contributed by atoms with Gasteiger partial charge in [0.1, 0.15) is 11.1 Å². The van der Waals surface area contributed by atoms with Gasteiger partial charge >= 0.3 is 12.1 Å². The Balaban J connectivity index is 2.23. The Kier molecular flexibility index (Phi) is 5.17. The second kappa shape index (κ2) is 6.23. The summed E-state index contributed by atoms with van der Waals surface area (Å²) in [6.07, 6.45) is 1.70. The van der Waals surface area contributed by atoms with E-state index < -0.39 is 17.2 Å². The molecule has 1 aliphatic rings. The molecule has 19 heavy (non-hydrogen) atoms. The van der Waals surface area contributed by atoms with E-state index in [9.17, 15) is 9.59 Å². The van der Waals surface area contributed by atoms with Crippen LogP contribution in [0.15, 0.2) is 0 Å². The third-order valence-corrected chi connectivity index (χ3v) is 3.04. The van der Waals surface area contributed by atoms with Gasteiger partial charge in [0.25, 0.3) is 0 Å². The van der Waals surface area contributed by atoms with Crippen molar-refractivity contribution in [3.8, 4) is 0 Å². The fourth-order valence-electron chi connectivity index (χ4n) is 2.01. The first-order valence-corrected chi connectivity index (χ1v) is 6.59. The Morgan fingerprint density at radius 3 is 2.42 bits per heavy atom. The van der Waals surface area contributed by atoms with Gasteiger partial charge in [-0.15, -0.1) is 0 Å². The highest BCUT2D eigenvalue weighted by Gasteiger charge is 2.44. The number of rotatable bonds is 5. The number of hydrogen-bond acceptors (Lipinski definition) is 5. The molecule has 0 aromatic carbocycles. The van der Waals surface area contributed by atoms with Gasteiger partial charge < -0.3 is 20.1 Å². The number of hydrogen-bond donors (Lipinski definition) is 2. The standard InChI is InChI=1S/C13H24N2O4/c1-12(2,3)19-11(17)14-8-5-6-13(7-9-15-13)10(16)18-4/h15H,5-9H2,1-4H3,(H,14,17). The lowest BCUT2D eigenvalue weighted by Gasteiger charge is -2.40. The van der Waals surface area contributed by atoms with Gasteiger partial charge in [-0.25, -0.2) is 4.79 Å². The first kappa shape index (κ1) is 15.8. The lowest BCUT2D eigenvalue weighted by molar-refractivity contribution is -0.152. The van der Waals surface area contributed by atoms with Crippen LogP contribution in [0.1, 0.15) is 40.0 Å². The molecule has 1 unspecified atom stereocenters. The maximum Gasteiger partial charge on any atom is 0.407 e. The van der Waals surface area contributed by atoms with Gasteiger partial charge in [-0.05, 0) is 46.6 Å². The number of nitrogens with one attached hydrogen (secondary N) is 2. The molecule has 6 heteroatoms. The predicted octanol–water partition coefficient (Wildman–Crippen LogP) is 1.20. The molecule has 1 atom stereocenters. The normalized spacial score (nSPS) is 22.3. The van der Waals surface area contributed by atoms with E-state index in [1.165, 1.54) is 7.11 Å². The summed E-state index contributed by atoms with van der Waals surface area (Å²) >= 11 is 0. The molecular formula is C13H24N2O4. The van der Waals surface area contributed by atoms with Crippen molar-refractivity contribution in [2.24, 2.45) is 0 Å². The number of esters is 1. The third-order valence-electron chi connectivity index (χ3n) is 3.04. The van der Waals surface area contributed by atoms with E-state index >= 15 is 0 Å². The fourth-order valence-corrected chi connectivity index (χ4v) is 2.01. The first-order valence-electron chi connectivity index (χ1n) is 6.59. The minimum absolute atomic E-state index is 0.226. The van der Waals surface area contributed by atoms with E-state index in [2.05, 4.69) is 10.6 Å². The van der Waals surface area contributed by atoms with Crippen LogP contribution < -0.4 is 10.6 Å². The highest BCUT2D eigenvalue weighted by molar-refractivity contribution is 5.81. The second-order valence-corrected chi connectivity index (χ2v) is 5.78. The van der Waals surface area contributed by atoms with E-state index in [0.29, 0.717) is 19.4 Å². The molecule has 0 radical (unpaired) electrons. The molecule has 0 bridgehead atoms. The monoisotopic (exact) mass is 272 g/mol. The molecule has 0 aromatic heterocycles. The van der Waals surface area contributed by atoms with Crippen LogP contribution in [0.3, 0.4) is 0 Å². The molecule has 0 saturated carbocycles. The average Bonchev–Trinajstić information content (AvgIpc) is 2.23. The number of amides is 1. The zero-order chi connectivity index (χ0) is 14.5. The molecule has 110 valence electrons. The minimum atomic E-state index is -0.551. The second-order valence-electron chi connectivity index (χ2n) is 5.78. The van der Waals surface area contributed by atoms with E-state index in [4.69, 9.17) is 9.47 Å². The van der Waals surface area contributed by atoms with Crippen molar-refractivity contribution < 1.29 is 19.1 Å². The van der Waals surface area contributed by atoms with Crippen LogP contribution in [0, 0.1) is 0 Å². The van der Waals surface area contributed by atoms with Gasteiger partial charge in [0.2, 0.25) is 0 Å². The summed E-state index contributed by atoms with van der Waals surface area (Å²) in [7, 11) is 1.39. The summed E-state index contributed by atoms with van der Waals surface area (Å²) < 4.78 is 9.91. The number of alkyl carbamates (subject to hydrolysis) is 1. The molecule has 1 amide bonds. The summed E-state index contributed by atoms with van der Waals surface area (Å²) in [4.78, 5) is 23.1. The Bertz CT molecular complexity index is 332. The zero-order valence-electron chi connectivity index (χ0n) is 12.2. The number of carbonyl (C=O) groups is 2. The SMILES string of the molecule is COC(=O)C1(CCCNC(=O)OC(C)(C)C)CCN1. The van der Waals surface area contributed by atoms with E-state index in [0.717, 1.165) is 13.0 Å². The van der Waals surface area contributed by atoms with Crippen LogP contribution in [-0.4, -0.2) is 43.4 Å². The van der Waals surface area contributed by atoms with Crippen molar-refractivity contribution in [1.82, 2.24) is 10.6 Å². The largest absolute Gasteiger partial charge is 0.468 e. The first-order chi connectivity index (χ1) is 8.79. The van der Waals surface area contributed by atoms with Crippen molar-refractivity contribution >= 4 is 12.1 Å². The van der Waals surface area contributed by atoms with Crippen LogP contribution in [0.25, 0.3) is 0 Å². The predicted molar refractivity (Wildman–Crippen MR) is 70.8 cm³/mol. The summed E-state index contributed by atoms with van der Waals surface area (Å²) in [5.74, 6) is -0.226. The molecule has 1 saturated heterocycles. The maximum atomic E-state index is 11.6. The Labute approximate surface area is 114 Å². The summed E-state index contributed by atoms with van der Waals surface area (Å²) in [6, 6.07) is 0. The van der Waals surface area contributed by atoms with Crippen LogP contribution in [0.5, 0.6) is 0 Å². The molecule has 0 spiro atoms. The molecule has 0 aliphatic carbocycles. The van der Waals surface area contributed by atoms with Crippen LogP contribution in [-0.2, 0) is 14.3 Å². The Morgan fingerprint density at radius 1 is 1.37 bits per heavy atom. The van der Waals surface area contributed by atoms with Gasteiger partial charge in [-0.3, -0.25) is 4.79 Å². The lowest BCUT2D eigenvalue weighted by Crippen LogP contribution is -2.62. The van der Waals surface area contributed by atoms with Crippen molar-refractivity contribution in [2.45, 2.75) is 51.2 Å². The lowest BCUT2D eigenvalue weighted by atomic mass is 9.83. The van der Waals surface area contributed by atoms with E-state index in [1.807, 2.05) is 20.8 Å². The molecule has 1 aliphatic heterocycles. The zero-order valence-corrected chi connectivity index (χ0v) is 12.2. The maximum absolute atomic E-state index is 11.6. The van der Waals surface area contributed by atoms with E-state index in [1.54, 1.807) is 0 Å². The molecule has 1 heterocycles. The topological polar surface area (TPSA) is 76.7 Å². The third kappa shape index (κ3) is 4.70. The quantitative estimate of drug-likeness (QED) is 0.581. The smallest absolute Gasteiger partial charge is 0.407 e. The van der Waals surface area contributed by atoms with Crippen molar-refractivity contribution in [1.29, 1.82) is 0 Å². The molecule has 2 N–H and O–H groups in total. The highest BCUT2D eigenvalue weighted by atomic mass is 16.6. The van der Waals surface area contributed by atoms with Crippen LogP contribution in [0.2, 0.25) is 0 Å². The molecule has 1 rings (SSSR count). The van der Waals surface area contributed by atoms with Gasteiger partial charge in [-0.1, -0.05) is 0 Å². The Hall–Kier alpha value is -1.30.